The SMILES string of the molecule is COc1ccccc1CC(=O)N1CCC(NC(=O)CSCc2ccc(C#N)cc2)CC1. The fraction of sp³-hybridized carbons (Fsp3) is 0.375. The summed E-state index contributed by atoms with van der Waals surface area (Å²) in [5.74, 6) is 1.98. The summed E-state index contributed by atoms with van der Waals surface area (Å²) in [6, 6.07) is 17.2. The molecule has 6 nitrogen and oxygen atoms in total. The number of benzene rings is 2. The van der Waals surface area contributed by atoms with Crippen LogP contribution in [0.1, 0.15) is 29.5 Å². The van der Waals surface area contributed by atoms with Crippen LogP contribution in [0, 0.1) is 11.3 Å². The van der Waals surface area contributed by atoms with Gasteiger partial charge in [-0.25, -0.2) is 0 Å². The Morgan fingerprint density at radius 3 is 2.55 bits per heavy atom. The first-order valence-electron chi connectivity index (χ1n) is 10.3. The smallest absolute Gasteiger partial charge is 0.230 e. The second kappa shape index (κ2) is 11.4. The summed E-state index contributed by atoms with van der Waals surface area (Å²) in [4.78, 5) is 26.8. The summed E-state index contributed by atoms with van der Waals surface area (Å²) in [5, 5.41) is 11.9. The number of nitrogens with zero attached hydrogens (tertiary/aromatic N) is 2. The van der Waals surface area contributed by atoms with Crippen molar-refractivity contribution in [2.75, 3.05) is 26.0 Å². The summed E-state index contributed by atoms with van der Waals surface area (Å²) in [5.41, 5.74) is 2.63. The number of nitriles is 1. The number of hydrogen-bond acceptors (Lipinski definition) is 5. The third-order valence-electron chi connectivity index (χ3n) is 5.33. The number of hydrogen-bond donors (Lipinski definition) is 1. The third-order valence-corrected chi connectivity index (χ3v) is 6.34. The molecule has 0 saturated carbocycles. The van der Waals surface area contributed by atoms with Crippen LogP contribution < -0.4 is 10.1 Å². The summed E-state index contributed by atoms with van der Waals surface area (Å²) in [7, 11) is 1.61. The Balaban J connectivity index is 1.36. The monoisotopic (exact) mass is 437 g/mol. The number of carbonyl (C=O) groups excluding carboxylic acids is 2. The number of thioether (sulfide) groups is 1. The van der Waals surface area contributed by atoms with E-state index in [0.29, 0.717) is 30.8 Å². The lowest BCUT2D eigenvalue weighted by Crippen LogP contribution is -2.47. The van der Waals surface area contributed by atoms with Gasteiger partial charge in [-0.1, -0.05) is 30.3 Å². The Morgan fingerprint density at radius 2 is 1.87 bits per heavy atom. The minimum atomic E-state index is 0.0254. The zero-order valence-corrected chi connectivity index (χ0v) is 18.5. The first kappa shape index (κ1) is 22.7. The van der Waals surface area contributed by atoms with Crippen molar-refractivity contribution in [3.63, 3.8) is 0 Å². The lowest BCUT2D eigenvalue weighted by Gasteiger charge is -2.32. The van der Waals surface area contributed by atoms with E-state index in [9.17, 15) is 9.59 Å². The molecule has 0 spiro atoms. The van der Waals surface area contributed by atoms with Crippen molar-refractivity contribution in [1.82, 2.24) is 10.2 Å². The predicted octanol–water partition coefficient (Wildman–Crippen LogP) is 3.15. The average Bonchev–Trinajstić information content (AvgIpc) is 2.80. The Kier molecular flexibility index (Phi) is 8.36. The normalized spacial score (nSPS) is 14.0. The van der Waals surface area contributed by atoms with Crippen LogP contribution in [-0.4, -0.2) is 48.7 Å². The predicted molar refractivity (Wildman–Crippen MR) is 122 cm³/mol. The minimum Gasteiger partial charge on any atom is -0.496 e. The van der Waals surface area contributed by atoms with E-state index >= 15 is 0 Å². The van der Waals surface area contributed by atoms with Gasteiger partial charge in [0, 0.05) is 30.4 Å². The quantitative estimate of drug-likeness (QED) is 0.686. The van der Waals surface area contributed by atoms with Crippen molar-refractivity contribution < 1.29 is 14.3 Å². The third kappa shape index (κ3) is 6.76. The molecule has 31 heavy (non-hydrogen) atoms. The van der Waals surface area contributed by atoms with Gasteiger partial charge in [0.05, 0.1) is 30.9 Å². The van der Waals surface area contributed by atoms with E-state index in [0.717, 1.165) is 35.5 Å². The molecule has 0 radical (unpaired) electrons. The number of piperidine rings is 1. The standard InChI is InChI=1S/C24H27N3O3S/c1-30-22-5-3-2-4-20(22)14-24(29)27-12-10-21(11-13-27)26-23(28)17-31-16-19-8-6-18(15-25)7-9-19/h2-9,21H,10-14,16-17H2,1H3,(H,26,28). The number of carbonyl (C=O) groups is 2. The van der Waals surface area contributed by atoms with Crippen LogP contribution >= 0.6 is 11.8 Å². The van der Waals surface area contributed by atoms with Gasteiger partial charge in [-0.05, 0) is 36.6 Å². The molecular weight excluding hydrogens is 410 g/mol. The largest absolute Gasteiger partial charge is 0.496 e. The van der Waals surface area contributed by atoms with Gasteiger partial charge in [0.25, 0.3) is 0 Å². The topological polar surface area (TPSA) is 82.4 Å². The molecule has 1 fully saturated rings. The van der Waals surface area contributed by atoms with E-state index in [1.165, 1.54) is 0 Å². The van der Waals surface area contributed by atoms with Gasteiger partial charge in [0.2, 0.25) is 11.8 Å². The molecular formula is C24H27N3O3S. The van der Waals surface area contributed by atoms with Crippen molar-refractivity contribution in [2.24, 2.45) is 0 Å². The molecule has 3 rings (SSSR count). The molecule has 0 bridgehead atoms. The fourth-order valence-electron chi connectivity index (χ4n) is 3.60. The number of amides is 2. The number of rotatable bonds is 8. The summed E-state index contributed by atoms with van der Waals surface area (Å²) < 4.78 is 5.33. The molecule has 7 heteroatoms. The zero-order valence-electron chi connectivity index (χ0n) is 17.7. The minimum absolute atomic E-state index is 0.0254. The lowest BCUT2D eigenvalue weighted by molar-refractivity contribution is -0.131. The van der Waals surface area contributed by atoms with E-state index in [1.54, 1.807) is 31.0 Å². The number of ether oxygens (including phenoxy) is 1. The second-order valence-corrected chi connectivity index (χ2v) is 8.50. The van der Waals surface area contributed by atoms with Crippen molar-refractivity contribution in [1.29, 1.82) is 5.26 Å². The van der Waals surface area contributed by atoms with Crippen molar-refractivity contribution in [3.05, 3.63) is 65.2 Å². The highest BCUT2D eigenvalue weighted by Crippen LogP contribution is 2.20. The molecule has 2 amide bonds. The van der Waals surface area contributed by atoms with Gasteiger partial charge >= 0.3 is 0 Å². The maximum Gasteiger partial charge on any atom is 0.230 e. The Labute approximate surface area is 187 Å². The first-order valence-corrected chi connectivity index (χ1v) is 11.5. The van der Waals surface area contributed by atoms with Crippen LogP contribution in [0.2, 0.25) is 0 Å². The molecule has 1 aliphatic heterocycles. The molecule has 1 heterocycles. The molecule has 1 saturated heterocycles. The van der Waals surface area contributed by atoms with Crippen molar-refractivity contribution in [2.45, 2.75) is 31.1 Å². The molecule has 2 aromatic rings. The first-order chi connectivity index (χ1) is 15.1. The van der Waals surface area contributed by atoms with E-state index < -0.39 is 0 Å². The van der Waals surface area contributed by atoms with Crippen LogP contribution in [0.4, 0.5) is 0 Å². The van der Waals surface area contributed by atoms with Gasteiger partial charge in [0.15, 0.2) is 0 Å². The van der Waals surface area contributed by atoms with Gasteiger partial charge < -0.3 is 15.0 Å². The van der Waals surface area contributed by atoms with E-state index in [-0.39, 0.29) is 17.9 Å². The fourth-order valence-corrected chi connectivity index (χ4v) is 4.40. The Morgan fingerprint density at radius 1 is 1.16 bits per heavy atom. The summed E-state index contributed by atoms with van der Waals surface area (Å²) >= 11 is 1.56. The Bertz CT molecular complexity index is 932. The van der Waals surface area contributed by atoms with Crippen LogP contribution in [0.3, 0.4) is 0 Å². The van der Waals surface area contributed by atoms with Crippen molar-refractivity contribution in [3.8, 4) is 11.8 Å². The highest BCUT2D eigenvalue weighted by atomic mass is 32.2. The number of nitrogens with one attached hydrogen (secondary N) is 1. The van der Waals surface area contributed by atoms with Crippen LogP contribution in [-0.2, 0) is 21.8 Å². The molecule has 1 aliphatic rings. The van der Waals surface area contributed by atoms with Crippen LogP contribution in [0.25, 0.3) is 0 Å². The highest BCUT2D eigenvalue weighted by molar-refractivity contribution is 7.99. The Hall–Kier alpha value is -2.98. The maximum absolute atomic E-state index is 12.6. The van der Waals surface area contributed by atoms with E-state index in [2.05, 4.69) is 11.4 Å². The van der Waals surface area contributed by atoms with E-state index in [1.807, 2.05) is 41.3 Å². The summed E-state index contributed by atoms with van der Waals surface area (Å²) in [6.07, 6.45) is 1.86. The second-order valence-electron chi connectivity index (χ2n) is 7.51. The van der Waals surface area contributed by atoms with Gasteiger partial charge in [-0.3, -0.25) is 9.59 Å². The number of likely N-dealkylation sites (tertiary alicyclic amines) is 1. The van der Waals surface area contributed by atoms with Crippen molar-refractivity contribution >= 4 is 23.6 Å². The number of para-hydroxylation sites is 1. The van der Waals surface area contributed by atoms with E-state index in [4.69, 9.17) is 10.00 Å². The molecule has 0 aromatic heterocycles. The highest BCUT2D eigenvalue weighted by Gasteiger charge is 2.24. The van der Waals surface area contributed by atoms with Gasteiger partial charge in [-0.2, -0.15) is 5.26 Å². The van der Waals surface area contributed by atoms with Gasteiger partial charge in [0.1, 0.15) is 5.75 Å². The average molecular weight is 438 g/mol. The van der Waals surface area contributed by atoms with Crippen LogP contribution in [0.15, 0.2) is 48.5 Å². The van der Waals surface area contributed by atoms with Crippen LogP contribution in [0.5, 0.6) is 5.75 Å². The lowest BCUT2D eigenvalue weighted by atomic mass is 10.0. The molecule has 0 aliphatic carbocycles. The van der Waals surface area contributed by atoms with Gasteiger partial charge in [-0.15, -0.1) is 11.8 Å². The summed E-state index contributed by atoms with van der Waals surface area (Å²) in [6.45, 7) is 1.30. The number of methoxy groups -OCH3 is 1. The molecule has 2 aromatic carbocycles. The molecule has 0 unspecified atom stereocenters. The maximum atomic E-state index is 12.6. The zero-order chi connectivity index (χ0) is 22.1. The molecule has 162 valence electrons. The molecule has 0 atom stereocenters. The molecule has 1 N–H and O–H groups in total.